The summed E-state index contributed by atoms with van der Waals surface area (Å²) in [6.07, 6.45) is 4.81. The molecule has 0 aromatic rings. The van der Waals surface area contributed by atoms with Gasteiger partial charge in [0.25, 0.3) is 0 Å². The maximum atomic E-state index is 5.36. The third-order valence-electron chi connectivity index (χ3n) is 1.39. The second kappa shape index (κ2) is 3.06. The summed E-state index contributed by atoms with van der Waals surface area (Å²) in [6.45, 7) is 0. The zero-order valence-electron chi connectivity index (χ0n) is 4.94. The zero-order chi connectivity index (χ0) is 6.74. The van der Waals surface area contributed by atoms with E-state index in [1.165, 1.54) is 0 Å². The molecular weight excluding hydrogens is 248 g/mol. The normalized spacial score (nSPS) is 22.0. The van der Waals surface area contributed by atoms with Gasteiger partial charge in [-0.15, -0.1) is 0 Å². The van der Waals surface area contributed by atoms with Gasteiger partial charge < -0.3 is 4.74 Å². The molecule has 0 bridgehead atoms. The number of rotatable bonds is 2. The van der Waals surface area contributed by atoms with E-state index in [2.05, 4.69) is 31.9 Å². The molecule has 0 N–H and O–H groups in total. The molecule has 0 saturated carbocycles. The fraction of sp³-hybridized carbons (Fsp3) is 0.667. The lowest BCUT2D eigenvalue weighted by molar-refractivity contribution is 0.0950. The first-order chi connectivity index (χ1) is 4.33. The predicted octanol–water partition coefficient (Wildman–Crippen LogP) is 2.45. The van der Waals surface area contributed by atoms with Gasteiger partial charge in [-0.3, -0.25) is 0 Å². The standard InChI is InChI=1S/C6H8Br2O/c7-4-6(5-8)2-1-3-9-6/h1,3H,2,4-5H2. The van der Waals surface area contributed by atoms with E-state index in [4.69, 9.17) is 4.74 Å². The van der Waals surface area contributed by atoms with Crippen LogP contribution in [0.25, 0.3) is 0 Å². The van der Waals surface area contributed by atoms with E-state index in [0.29, 0.717) is 0 Å². The Labute approximate surface area is 71.7 Å². The van der Waals surface area contributed by atoms with Crippen molar-refractivity contribution in [2.45, 2.75) is 12.0 Å². The summed E-state index contributed by atoms with van der Waals surface area (Å²) in [7, 11) is 0. The summed E-state index contributed by atoms with van der Waals surface area (Å²) in [6, 6.07) is 0. The van der Waals surface area contributed by atoms with Crippen molar-refractivity contribution in [3.8, 4) is 0 Å². The van der Waals surface area contributed by atoms with Crippen LogP contribution in [0.1, 0.15) is 6.42 Å². The molecule has 52 valence electrons. The zero-order valence-corrected chi connectivity index (χ0v) is 8.11. The van der Waals surface area contributed by atoms with Crippen LogP contribution >= 0.6 is 31.9 Å². The third kappa shape index (κ3) is 1.49. The molecule has 0 aromatic carbocycles. The molecule has 1 aliphatic rings. The highest BCUT2D eigenvalue weighted by molar-refractivity contribution is 9.09. The smallest absolute Gasteiger partial charge is 0.131 e. The van der Waals surface area contributed by atoms with Gasteiger partial charge in [0, 0.05) is 17.1 Å². The largest absolute Gasteiger partial charge is 0.493 e. The topological polar surface area (TPSA) is 9.23 Å². The van der Waals surface area contributed by atoms with Gasteiger partial charge in [-0.05, 0) is 6.08 Å². The van der Waals surface area contributed by atoms with Crippen molar-refractivity contribution < 1.29 is 4.74 Å². The fourth-order valence-corrected chi connectivity index (χ4v) is 2.36. The minimum atomic E-state index is 0. The highest BCUT2D eigenvalue weighted by Gasteiger charge is 2.30. The Morgan fingerprint density at radius 3 is 2.33 bits per heavy atom. The first-order valence-corrected chi connectivity index (χ1v) is 5.02. The minimum absolute atomic E-state index is 0. The van der Waals surface area contributed by atoms with E-state index in [1.807, 2.05) is 6.08 Å². The number of hydrogen-bond donors (Lipinski definition) is 0. The lowest BCUT2D eigenvalue weighted by Crippen LogP contribution is -2.31. The molecule has 0 aliphatic carbocycles. The van der Waals surface area contributed by atoms with Gasteiger partial charge in [0.15, 0.2) is 0 Å². The van der Waals surface area contributed by atoms with Crippen LogP contribution in [-0.4, -0.2) is 16.3 Å². The quantitative estimate of drug-likeness (QED) is 0.689. The Hall–Kier alpha value is 0.500. The summed E-state index contributed by atoms with van der Waals surface area (Å²) in [5.41, 5.74) is 0. The van der Waals surface area contributed by atoms with Crippen molar-refractivity contribution >= 4 is 31.9 Å². The van der Waals surface area contributed by atoms with Crippen molar-refractivity contribution in [3.05, 3.63) is 12.3 Å². The second-order valence-electron chi connectivity index (χ2n) is 2.14. The molecule has 9 heavy (non-hydrogen) atoms. The summed E-state index contributed by atoms with van der Waals surface area (Å²) in [5.74, 6) is 0. The van der Waals surface area contributed by atoms with Gasteiger partial charge in [-0.25, -0.2) is 0 Å². The third-order valence-corrected chi connectivity index (χ3v) is 3.44. The fourth-order valence-electron chi connectivity index (χ4n) is 0.711. The summed E-state index contributed by atoms with van der Waals surface area (Å²) in [5, 5.41) is 1.77. The Balaban J connectivity index is 2.50. The van der Waals surface area contributed by atoms with Crippen molar-refractivity contribution in [2.24, 2.45) is 0 Å². The summed E-state index contributed by atoms with van der Waals surface area (Å²) >= 11 is 6.80. The number of halogens is 2. The minimum Gasteiger partial charge on any atom is -0.493 e. The van der Waals surface area contributed by atoms with Gasteiger partial charge in [0.1, 0.15) is 5.60 Å². The van der Waals surface area contributed by atoms with Crippen LogP contribution in [0.3, 0.4) is 0 Å². The van der Waals surface area contributed by atoms with Crippen molar-refractivity contribution in [2.75, 3.05) is 10.7 Å². The molecule has 0 atom stereocenters. The van der Waals surface area contributed by atoms with Gasteiger partial charge in [0.05, 0.1) is 6.26 Å². The summed E-state index contributed by atoms with van der Waals surface area (Å²) < 4.78 is 5.36. The van der Waals surface area contributed by atoms with Gasteiger partial charge in [0.2, 0.25) is 0 Å². The van der Waals surface area contributed by atoms with Crippen LogP contribution in [0.4, 0.5) is 0 Å². The maximum absolute atomic E-state index is 5.36. The van der Waals surface area contributed by atoms with Gasteiger partial charge in [-0.2, -0.15) is 0 Å². The van der Waals surface area contributed by atoms with E-state index in [0.717, 1.165) is 17.1 Å². The molecule has 1 heterocycles. The van der Waals surface area contributed by atoms with Crippen molar-refractivity contribution in [3.63, 3.8) is 0 Å². The molecule has 0 amide bonds. The SMILES string of the molecule is BrCC1(CBr)CC=CO1. The molecule has 0 radical (unpaired) electrons. The highest BCUT2D eigenvalue weighted by atomic mass is 79.9. The number of hydrogen-bond acceptors (Lipinski definition) is 1. The van der Waals surface area contributed by atoms with Crippen LogP contribution in [0, 0.1) is 0 Å². The molecule has 0 saturated heterocycles. The molecule has 1 nitrogen and oxygen atoms in total. The van der Waals surface area contributed by atoms with Gasteiger partial charge >= 0.3 is 0 Å². The van der Waals surface area contributed by atoms with Crippen LogP contribution < -0.4 is 0 Å². The predicted molar refractivity (Wildman–Crippen MR) is 45.2 cm³/mol. The van der Waals surface area contributed by atoms with Crippen molar-refractivity contribution in [1.29, 1.82) is 0 Å². The molecular formula is C6H8Br2O. The average molecular weight is 256 g/mol. The Morgan fingerprint density at radius 2 is 2.11 bits per heavy atom. The van der Waals surface area contributed by atoms with E-state index in [9.17, 15) is 0 Å². The average Bonchev–Trinajstić information content (AvgIpc) is 2.36. The van der Waals surface area contributed by atoms with E-state index < -0.39 is 0 Å². The molecule has 0 fully saturated rings. The van der Waals surface area contributed by atoms with E-state index in [1.54, 1.807) is 6.26 Å². The first-order valence-electron chi connectivity index (χ1n) is 2.78. The van der Waals surface area contributed by atoms with E-state index in [-0.39, 0.29) is 5.60 Å². The highest BCUT2D eigenvalue weighted by Crippen LogP contribution is 2.27. The molecule has 1 aliphatic heterocycles. The number of alkyl halides is 2. The van der Waals surface area contributed by atoms with Crippen LogP contribution in [0.15, 0.2) is 12.3 Å². The maximum Gasteiger partial charge on any atom is 0.131 e. The van der Waals surface area contributed by atoms with Crippen LogP contribution in [0.2, 0.25) is 0 Å². The monoisotopic (exact) mass is 254 g/mol. The van der Waals surface area contributed by atoms with Gasteiger partial charge in [-0.1, -0.05) is 31.9 Å². The van der Waals surface area contributed by atoms with Crippen LogP contribution in [-0.2, 0) is 4.74 Å². The molecule has 3 heteroatoms. The summed E-state index contributed by atoms with van der Waals surface area (Å²) in [4.78, 5) is 0. The lowest BCUT2D eigenvalue weighted by Gasteiger charge is -2.22. The molecule has 0 aromatic heterocycles. The van der Waals surface area contributed by atoms with E-state index >= 15 is 0 Å². The molecule has 0 unspecified atom stereocenters. The Morgan fingerprint density at radius 1 is 1.44 bits per heavy atom. The van der Waals surface area contributed by atoms with Crippen LogP contribution in [0.5, 0.6) is 0 Å². The number of ether oxygens (including phenoxy) is 1. The lowest BCUT2D eigenvalue weighted by atomic mass is 10.1. The molecule has 0 spiro atoms. The van der Waals surface area contributed by atoms with Crippen molar-refractivity contribution in [1.82, 2.24) is 0 Å². The Bertz CT molecular complexity index is 108. The Kier molecular flexibility index (Phi) is 2.59. The first kappa shape index (κ1) is 7.61. The second-order valence-corrected chi connectivity index (χ2v) is 3.27. The molecule has 1 rings (SSSR count).